The number of nitrogens with one attached hydrogen (secondary N) is 1. The minimum atomic E-state index is 0.191. The Morgan fingerprint density at radius 3 is 2.75 bits per heavy atom. The lowest BCUT2D eigenvalue weighted by molar-refractivity contribution is -0.135. The van der Waals surface area contributed by atoms with Crippen molar-refractivity contribution in [1.82, 2.24) is 10.2 Å². The van der Waals surface area contributed by atoms with Gasteiger partial charge in [-0.25, -0.2) is 0 Å². The van der Waals surface area contributed by atoms with Crippen LogP contribution in [0, 0.1) is 11.8 Å². The molecule has 4 heteroatoms. The van der Waals surface area contributed by atoms with Crippen LogP contribution in [0.5, 0.6) is 0 Å². The van der Waals surface area contributed by atoms with Crippen molar-refractivity contribution in [3.05, 3.63) is 35.9 Å². The third-order valence-corrected chi connectivity index (χ3v) is 3.10. The largest absolute Gasteiger partial charge is 0.378 e. The molecule has 0 radical (unpaired) electrons. The van der Waals surface area contributed by atoms with Gasteiger partial charge in [-0.2, -0.15) is 0 Å². The van der Waals surface area contributed by atoms with E-state index < -0.39 is 0 Å². The van der Waals surface area contributed by atoms with Crippen molar-refractivity contribution >= 4 is 5.91 Å². The number of hydrogen-bond donors (Lipinski definition) is 1. The van der Waals surface area contributed by atoms with Gasteiger partial charge in [0.15, 0.2) is 0 Å². The third kappa shape index (κ3) is 5.04. The van der Waals surface area contributed by atoms with E-state index in [1.165, 1.54) is 0 Å². The van der Waals surface area contributed by atoms with E-state index in [-0.39, 0.29) is 5.91 Å². The minimum absolute atomic E-state index is 0.191. The fraction of sp³-hybridized carbons (Fsp3) is 0.438. The van der Waals surface area contributed by atoms with Gasteiger partial charge in [0.05, 0.1) is 19.8 Å². The number of carbonyl (C=O) groups is 1. The summed E-state index contributed by atoms with van der Waals surface area (Å²) in [4.78, 5) is 13.7. The maximum absolute atomic E-state index is 11.8. The third-order valence-electron chi connectivity index (χ3n) is 3.10. The second-order valence-corrected chi connectivity index (χ2v) is 4.59. The van der Waals surface area contributed by atoms with Gasteiger partial charge in [0.25, 0.3) is 0 Å². The van der Waals surface area contributed by atoms with Gasteiger partial charge >= 0.3 is 0 Å². The molecule has 1 aromatic rings. The molecular weight excluding hydrogens is 252 g/mol. The summed E-state index contributed by atoms with van der Waals surface area (Å²) in [5.41, 5.74) is 1.01. The lowest BCUT2D eigenvalue weighted by Gasteiger charge is -2.26. The molecule has 0 bridgehead atoms. The summed E-state index contributed by atoms with van der Waals surface area (Å²) in [6.07, 6.45) is 0.521. The lowest BCUT2D eigenvalue weighted by Crippen LogP contribution is -2.41. The fourth-order valence-electron chi connectivity index (χ4n) is 1.98. The van der Waals surface area contributed by atoms with E-state index in [4.69, 9.17) is 4.74 Å². The van der Waals surface area contributed by atoms with Crippen LogP contribution in [0.2, 0.25) is 0 Å². The highest BCUT2D eigenvalue weighted by atomic mass is 16.5. The van der Waals surface area contributed by atoms with Crippen LogP contribution >= 0.6 is 0 Å². The predicted molar refractivity (Wildman–Crippen MR) is 78.2 cm³/mol. The highest BCUT2D eigenvalue weighted by Crippen LogP contribution is 1.99. The average molecular weight is 272 g/mol. The van der Waals surface area contributed by atoms with Crippen molar-refractivity contribution in [2.75, 3.05) is 39.4 Å². The van der Waals surface area contributed by atoms with Crippen LogP contribution < -0.4 is 5.32 Å². The lowest BCUT2D eigenvalue weighted by atomic mass is 10.2. The highest BCUT2D eigenvalue weighted by molar-refractivity contribution is 5.76. The molecule has 2 rings (SSSR count). The van der Waals surface area contributed by atoms with Gasteiger partial charge in [-0.3, -0.25) is 4.79 Å². The van der Waals surface area contributed by atoms with Crippen LogP contribution in [0.4, 0.5) is 0 Å². The number of carbonyl (C=O) groups excluding carboxylic acids is 1. The maximum Gasteiger partial charge on any atom is 0.224 e. The quantitative estimate of drug-likeness (QED) is 0.653. The molecule has 1 aliphatic rings. The first-order valence-corrected chi connectivity index (χ1v) is 6.96. The van der Waals surface area contributed by atoms with Gasteiger partial charge in [0, 0.05) is 31.6 Å². The first-order chi connectivity index (χ1) is 9.86. The molecule has 1 heterocycles. The monoisotopic (exact) mass is 272 g/mol. The first kappa shape index (κ1) is 14.6. The van der Waals surface area contributed by atoms with Gasteiger partial charge in [-0.05, 0) is 12.1 Å². The Bertz CT molecular complexity index is 470. The summed E-state index contributed by atoms with van der Waals surface area (Å²) in [7, 11) is 0. The molecule has 0 aromatic heterocycles. The molecule has 106 valence electrons. The topological polar surface area (TPSA) is 41.6 Å². The molecule has 1 amide bonds. The molecule has 1 fully saturated rings. The Morgan fingerprint density at radius 1 is 1.25 bits per heavy atom. The molecule has 4 nitrogen and oxygen atoms in total. The van der Waals surface area contributed by atoms with E-state index in [9.17, 15) is 4.79 Å². The predicted octanol–water partition coefficient (Wildman–Crippen LogP) is 0.877. The van der Waals surface area contributed by atoms with Crippen LogP contribution in [0.3, 0.4) is 0 Å². The summed E-state index contributed by atoms with van der Waals surface area (Å²) in [6.45, 7) is 4.01. The fourth-order valence-corrected chi connectivity index (χ4v) is 1.98. The molecule has 1 N–H and O–H groups in total. The van der Waals surface area contributed by atoms with Crippen LogP contribution in [-0.4, -0.2) is 50.2 Å². The molecular formula is C16H20N2O2. The first-order valence-electron chi connectivity index (χ1n) is 6.96. The van der Waals surface area contributed by atoms with Gasteiger partial charge in [-0.15, -0.1) is 0 Å². The van der Waals surface area contributed by atoms with Crippen molar-refractivity contribution in [2.24, 2.45) is 0 Å². The Morgan fingerprint density at radius 2 is 2.00 bits per heavy atom. The zero-order valence-electron chi connectivity index (χ0n) is 11.6. The summed E-state index contributed by atoms with van der Waals surface area (Å²) < 4.78 is 5.22. The van der Waals surface area contributed by atoms with Crippen molar-refractivity contribution in [3.63, 3.8) is 0 Å². The molecule has 1 aliphatic heterocycles. The van der Waals surface area contributed by atoms with Gasteiger partial charge in [0.2, 0.25) is 5.91 Å². The summed E-state index contributed by atoms with van der Waals surface area (Å²) in [5, 5.41) is 3.17. The van der Waals surface area contributed by atoms with E-state index in [0.29, 0.717) is 45.8 Å². The number of benzene rings is 1. The number of morpholine rings is 1. The van der Waals surface area contributed by atoms with Crippen LogP contribution in [-0.2, 0) is 9.53 Å². The summed E-state index contributed by atoms with van der Waals surface area (Å²) in [6, 6.07) is 9.88. The average Bonchev–Trinajstić information content (AvgIpc) is 2.52. The number of ether oxygens (including phenoxy) is 1. The Kier molecular flexibility index (Phi) is 6.09. The number of hydrogen-bond acceptors (Lipinski definition) is 3. The number of nitrogens with zero attached hydrogens (tertiary/aromatic N) is 1. The van der Waals surface area contributed by atoms with Gasteiger partial charge in [0.1, 0.15) is 0 Å². The van der Waals surface area contributed by atoms with Crippen molar-refractivity contribution in [2.45, 2.75) is 6.42 Å². The van der Waals surface area contributed by atoms with Crippen LogP contribution in [0.1, 0.15) is 12.0 Å². The minimum Gasteiger partial charge on any atom is -0.378 e. The zero-order chi connectivity index (χ0) is 14.0. The number of rotatable bonds is 4. The van der Waals surface area contributed by atoms with Crippen molar-refractivity contribution in [3.8, 4) is 11.8 Å². The molecule has 0 unspecified atom stereocenters. The standard InChI is InChI=1S/C16H20N2O2/c19-16(18-11-13-20-14-12-18)8-10-17-9-4-7-15-5-2-1-3-6-15/h1-3,5-6,17H,8-14H2. The smallest absolute Gasteiger partial charge is 0.224 e. The SMILES string of the molecule is O=C(CCNCC#Cc1ccccc1)N1CCOCC1. The summed E-state index contributed by atoms with van der Waals surface area (Å²) >= 11 is 0. The van der Waals surface area contributed by atoms with Crippen molar-refractivity contribution < 1.29 is 9.53 Å². The van der Waals surface area contributed by atoms with Crippen molar-refractivity contribution in [1.29, 1.82) is 0 Å². The van der Waals surface area contributed by atoms with E-state index in [1.54, 1.807) is 0 Å². The Balaban J connectivity index is 1.60. The molecule has 0 atom stereocenters. The number of amides is 1. The second kappa shape index (κ2) is 8.36. The molecule has 20 heavy (non-hydrogen) atoms. The Hall–Kier alpha value is -1.83. The molecule has 0 spiro atoms. The van der Waals surface area contributed by atoms with E-state index in [2.05, 4.69) is 17.2 Å². The van der Waals surface area contributed by atoms with E-state index in [0.717, 1.165) is 5.56 Å². The molecule has 1 aromatic carbocycles. The van der Waals surface area contributed by atoms with Gasteiger partial charge in [-0.1, -0.05) is 30.0 Å². The Labute approximate surface area is 120 Å². The highest BCUT2D eigenvalue weighted by Gasteiger charge is 2.15. The normalized spacial score (nSPS) is 14.5. The molecule has 0 saturated carbocycles. The molecule has 0 aliphatic carbocycles. The maximum atomic E-state index is 11.8. The van der Waals surface area contributed by atoms with Crippen LogP contribution in [0.15, 0.2) is 30.3 Å². The van der Waals surface area contributed by atoms with E-state index >= 15 is 0 Å². The van der Waals surface area contributed by atoms with Gasteiger partial charge < -0.3 is 15.0 Å². The second-order valence-electron chi connectivity index (χ2n) is 4.59. The zero-order valence-corrected chi connectivity index (χ0v) is 11.6. The molecule has 1 saturated heterocycles. The van der Waals surface area contributed by atoms with Crippen LogP contribution in [0.25, 0.3) is 0 Å². The summed E-state index contributed by atoms with van der Waals surface area (Å²) in [5.74, 6) is 6.31. The van der Waals surface area contributed by atoms with E-state index in [1.807, 2.05) is 35.2 Å².